The quantitative estimate of drug-likeness (QED) is 0.783. The number of aromatic hydroxyl groups is 1. The number of rotatable bonds is 2. The first-order chi connectivity index (χ1) is 6.38. The van der Waals surface area contributed by atoms with Crippen molar-refractivity contribution in [3.05, 3.63) is 23.8 Å². The Morgan fingerprint density at radius 2 is 1.93 bits per heavy atom. The van der Waals surface area contributed by atoms with Gasteiger partial charge < -0.3 is 9.84 Å². The molecule has 1 aromatic carbocycles. The Hall–Kier alpha value is -1.18. The Kier molecular flexibility index (Phi) is 3.04. The molecule has 0 heterocycles. The van der Waals surface area contributed by atoms with Gasteiger partial charge in [-0.05, 0) is 24.0 Å². The van der Waals surface area contributed by atoms with Crippen LogP contribution in [-0.4, -0.2) is 11.7 Å². The van der Waals surface area contributed by atoms with Gasteiger partial charge in [0, 0.05) is 6.07 Å². The third-order valence-corrected chi connectivity index (χ3v) is 1.85. The highest BCUT2D eigenvalue weighted by Crippen LogP contribution is 2.24. The Labute approximate surface area is 85.5 Å². The van der Waals surface area contributed by atoms with Crippen LogP contribution in [0.1, 0.15) is 26.3 Å². The van der Waals surface area contributed by atoms with E-state index in [-0.39, 0.29) is 11.2 Å². The zero-order valence-electron chi connectivity index (χ0n) is 9.29. The molecule has 1 aromatic rings. The van der Waals surface area contributed by atoms with Crippen LogP contribution >= 0.6 is 0 Å². The highest BCUT2D eigenvalue weighted by molar-refractivity contribution is 5.38. The maximum atomic E-state index is 9.45. The number of ether oxygens (including phenoxy) is 1. The van der Waals surface area contributed by atoms with E-state index in [0.717, 1.165) is 11.3 Å². The van der Waals surface area contributed by atoms with Crippen molar-refractivity contribution in [2.24, 2.45) is 5.41 Å². The molecule has 0 aromatic heterocycles. The Morgan fingerprint density at radius 1 is 1.29 bits per heavy atom. The van der Waals surface area contributed by atoms with Gasteiger partial charge in [-0.1, -0.05) is 26.8 Å². The summed E-state index contributed by atoms with van der Waals surface area (Å²) in [6, 6.07) is 5.38. The lowest BCUT2D eigenvalue weighted by Gasteiger charge is -2.19. The van der Waals surface area contributed by atoms with Gasteiger partial charge in [0.25, 0.3) is 0 Å². The summed E-state index contributed by atoms with van der Waals surface area (Å²) >= 11 is 0. The second kappa shape index (κ2) is 3.91. The normalized spacial score (nSPS) is 11.4. The molecule has 0 saturated carbocycles. The van der Waals surface area contributed by atoms with Crippen LogP contribution in [0, 0.1) is 12.3 Å². The van der Waals surface area contributed by atoms with Gasteiger partial charge >= 0.3 is 0 Å². The molecule has 0 amide bonds. The summed E-state index contributed by atoms with van der Waals surface area (Å²) < 4.78 is 5.55. The van der Waals surface area contributed by atoms with Crippen molar-refractivity contribution >= 4 is 0 Å². The van der Waals surface area contributed by atoms with Crippen molar-refractivity contribution in [1.82, 2.24) is 0 Å². The van der Waals surface area contributed by atoms with Gasteiger partial charge in [-0.3, -0.25) is 0 Å². The highest BCUT2D eigenvalue weighted by Gasteiger charge is 2.11. The van der Waals surface area contributed by atoms with Gasteiger partial charge in [0.2, 0.25) is 0 Å². The molecule has 0 atom stereocenters. The number of phenolic OH excluding ortho intramolecular Hbond substituents is 1. The summed E-state index contributed by atoms with van der Waals surface area (Å²) in [5.41, 5.74) is 1.01. The van der Waals surface area contributed by atoms with Crippen molar-refractivity contribution < 1.29 is 9.84 Å². The molecule has 2 nitrogen and oxygen atoms in total. The van der Waals surface area contributed by atoms with Crippen LogP contribution in [0.25, 0.3) is 0 Å². The van der Waals surface area contributed by atoms with Crippen LogP contribution < -0.4 is 4.74 Å². The van der Waals surface area contributed by atoms with E-state index < -0.39 is 0 Å². The fraction of sp³-hybridized carbons (Fsp3) is 0.500. The molecular weight excluding hydrogens is 176 g/mol. The van der Waals surface area contributed by atoms with Crippen LogP contribution in [0.3, 0.4) is 0 Å². The molecule has 0 aliphatic heterocycles. The predicted octanol–water partition coefficient (Wildman–Crippen LogP) is 3.13. The molecule has 14 heavy (non-hydrogen) atoms. The van der Waals surface area contributed by atoms with Gasteiger partial charge in [-0.2, -0.15) is 0 Å². The van der Waals surface area contributed by atoms with Crippen LogP contribution in [0.5, 0.6) is 11.5 Å². The SMILES string of the molecule is Cc1ccc(OCC(C)(C)C)cc1O. The fourth-order valence-electron chi connectivity index (χ4n) is 0.979. The van der Waals surface area contributed by atoms with Gasteiger partial charge in [-0.25, -0.2) is 0 Å². The molecular formula is C12H18O2. The molecule has 2 heteroatoms. The zero-order valence-corrected chi connectivity index (χ0v) is 9.29. The average Bonchev–Trinajstić information content (AvgIpc) is 2.06. The van der Waals surface area contributed by atoms with Crippen LogP contribution in [0.2, 0.25) is 0 Å². The number of hydrogen-bond donors (Lipinski definition) is 1. The maximum absolute atomic E-state index is 9.45. The molecule has 0 saturated heterocycles. The summed E-state index contributed by atoms with van der Waals surface area (Å²) in [7, 11) is 0. The van der Waals surface area contributed by atoms with Crippen molar-refractivity contribution in [1.29, 1.82) is 0 Å². The van der Waals surface area contributed by atoms with Gasteiger partial charge in [0.15, 0.2) is 0 Å². The summed E-state index contributed by atoms with van der Waals surface area (Å²) in [5.74, 6) is 1.01. The summed E-state index contributed by atoms with van der Waals surface area (Å²) in [5, 5.41) is 9.45. The summed E-state index contributed by atoms with van der Waals surface area (Å²) in [6.07, 6.45) is 0. The molecule has 0 spiro atoms. The molecule has 1 rings (SSSR count). The second-order valence-electron chi connectivity index (χ2n) is 4.80. The fourth-order valence-corrected chi connectivity index (χ4v) is 0.979. The molecule has 1 N–H and O–H groups in total. The molecule has 0 aliphatic carbocycles. The first kappa shape index (κ1) is 10.9. The van der Waals surface area contributed by atoms with Crippen molar-refractivity contribution in [3.63, 3.8) is 0 Å². The molecule has 78 valence electrons. The second-order valence-corrected chi connectivity index (χ2v) is 4.80. The van der Waals surface area contributed by atoms with E-state index >= 15 is 0 Å². The Balaban J connectivity index is 2.65. The van der Waals surface area contributed by atoms with E-state index in [9.17, 15) is 5.11 Å². The van der Waals surface area contributed by atoms with Crippen molar-refractivity contribution in [2.75, 3.05) is 6.61 Å². The van der Waals surface area contributed by atoms with Gasteiger partial charge in [-0.15, -0.1) is 0 Å². The van der Waals surface area contributed by atoms with Gasteiger partial charge in [0.05, 0.1) is 6.61 Å². The highest BCUT2D eigenvalue weighted by atomic mass is 16.5. The van der Waals surface area contributed by atoms with E-state index in [1.54, 1.807) is 6.07 Å². The first-order valence-electron chi connectivity index (χ1n) is 4.81. The number of benzene rings is 1. The molecule has 0 fully saturated rings. The van der Waals surface area contributed by atoms with E-state index in [0.29, 0.717) is 6.61 Å². The first-order valence-corrected chi connectivity index (χ1v) is 4.81. The van der Waals surface area contributed by atoms with E-state index in [1.165, 1.54) is 0 Å². The third-order valence-electron chi connectivity index (χ3n) is 1.85. The third kappa shape index (κ3) is 3.29. The Morgan fingerprint density at radius 3 is 2.43 bits per heavy atom. The maximum Gasteiger partial charge on any atom is 0.123 e. The topological polar surface area (TPSA) is 29.5 Å². The minimum atomic E-state index is 0.139. The van der Waals surface area contributed by atoms with Crippen LogP contribution in [0.15, 0.2) is 18.2 Å². The lowest BCUT2D eigenvalue weighted by atomic mass is 9.99. The van der Waals surface area contributed by atoms with Crippen LogP contribution in [-0.2, 0) is 0 Å². The lowest BCUT2D eigenvalue weighted by Crippen LogP contribution is -2.16. The summed E-state index contributed by atoms with van der Waals surface area (Å²) in [6.45, 7) is 8.85. The number of phenols is 1. The lowest BCUT2D eigenvalue weighted by molar-refractivity contribution is 0.197. The zero-order chi connectivity index (χ0) is 10.8. The standard InChI is InChI=1S/C12H18O2/c1-9-5-6-10(7-11(9)13)14-8-12(2,3)4/h5-7,13H,8H2,1-4H3. The molecule has 0 bridgehead atoms. The monoisotopic (exact) mass is 194 g/mol. The van der Waals surface area contributed by atoms with Gasteiger partial charge in [0.1, 0.15) is 11.5 Å². The minimum Gasteiger partial charge on any atom is -0.508 e. The molecule has 0 unspecified atom stereocenters. The predicted molar refractivity (Wildman–Crippen MR) is 57.8 cm³/mol. The largest absolute Gasteiger partial charge is 0.508 e. The van der Waals surface area contributed by atoms with Crippen molar-refractivity contribution in [2.45, 2.75) is 27.7 Å². The van der Waals surface area contributed by atoms with E-state index in [4.69, 9.17) is 4.74 Å². The number of aryl methyl sites for hydroxylation is 1. The smallest absolute Gasteiger partial charge is 0.123 e. The minimum absolute atomic E-state index is 0.139. The molecule has 0 aliphatic rings. The van der Waals surface area contributed by atoms with Crippen LogP contribution in [0.4, 0.5) is 0 Å². The molecule has 0 radical (unpaired) electrons. The van der Waals surface area contributed by atoms with E-state index in [2.05, 4.69) is 20.8 Å². The summed E-state index contributed by atoms with van der Waals surface area (Å²) in [4.78, 5) is 0. The van der Waals surface area contributed by atoms with E-state index in [1.807, 2.05) is 19.1 Å². The number of hydrogen-bond acceptors (Lipinski definition) is 2. The van der Waals surface area contributed by atoms with Crippen molar-refractivity contribution in [3.8, 4) is 11.5 Å². The Bertz CT molecular complexity index is 311. The average molecular weight is 194 g/mol.